The van der Waals surface area contributed by atoms with Gasteiger partial charge in [0.25, 0.3) is 0 Å². The number of anilines is 2. The van der Waals surface area contributed by atoms with Crippen molar-refractivity contribution in [1.29, 1.82) is 0 Å². The van der Waals surface area contributed by atoms with Crippen molar-refractivity contribution in [2.24, 2.45) is 5.41 Å². The molecule has 7 rings (SSSR count). The van der Waals surface area contributed by atoms with Crippen molar-refractivity contribution < 1.29 is 22.3 Å². The summed E-state index contributed by atoms with van der Waals surface area (Å²) in [6.45, 7) is 3.12. The van der Waals surface area contributed by atoms with Crippen molar-refractivity contribution in [2.45, 2.75) is 37.6 Å². The van der Waals surface area contributed by atoms with E-state index in [-0.39, 0.29) is 37.1 Å². The summed E-state index contributed by atoms with van der Waals surface area (Å²) in [4.78, 5) is 9.85. The van der Waals surface area contributed by atoms with Crippen LogP contribution in [0.1, 0.15) is 24.2 Å². The minimum absolute atomic E-state index is 0.0314. The zero-order valence-corrected chi connectivity index (χ0v) is 21.2. The Balaban J connectivity index is 1.14. The molecule has 13 heteroatoms. The summed E-state index contributed by atoms with van der Waals surface area (Å²) in [7, 11) is 1.42. The van der Waals surface area contributed by atoms with Crippen molar-refractivity contribution in [2.75, 3.05) is 43.1 Å². The van der Waals surface area contributed by atoms with Gasteiger partial charge in [0.2, 0.25) is 5.95 Å². The molecule has 0 radical (unpaired) electrons. The van der Waals surface area contributed by atoms with Crippen LogP contribution >= 0.6 is 11.6 Å². The van der Waals surface area contributed by atoms with Gasteiger partial charge in [-0.05, 0) is 36.6 Å². The lowest BCUT2D eigenvalue weighted by Gasteiger charge is -2.60. The number of hydrogen-bond donors (Lipinski definition) is 0. The van der Waals surface area contributed by atoms with Crippen LogP contribution in [0.15, 0.2) is 30.5 Å². The van der Waals surface area contributed by atoms with E-state index in [1.54, 1.807) is 18.2 Å². The van der Waals surface area contributed by atoms with E-state index in [1.807, 2.05) is 10.6 Å². The van der Waals surface area contributed by atoms with Gasteiger partial charge in [0, 0.05) is 49.2 Å². The SMILES string of the molecule is COc1cc(N2CC3(C2)CN(c2nnc4n2-c2ccc(Cl)cc2CN(C2(C(F)(F)F)CC2)C4)C3)ncc1F. The maximum absolute atomic E-state index is 14.0. The predicted octanol–water partition coefficient (Wildman–Crippen LogP) is 4.20. The van der Waals surface area contributed by atoms with Crippen molar-refractivity contribution in [3.05, 3.63) is 52.7 Å². The van der Waals surface area contributed by atoms with E-state index in [1.165, 1.54) is 12.0 Å². The number of ether oxygens (including phenoxy) is 1. The molecule has 1 spiro atoms. The van der Waals surface area contributed by atoms with E-state index in [2.05, 4.69) is 25.0 Å². The highest BCUT2D eigenvalue weighted by Gasteiger charge is 2.67. The number of methoxy groups -OCH3 is 1. The normalized spacial score (nSPS) is 21.3. The number of fused-ring (bicyclic) bond motifs is 3. The fraction of sp³-hybridized carbons (Fsp3) is 0.480. The van der Waals surface area contributed by atoms with Crippen LogP contribution in [-0.2, 0) is 13.1 Å². The highest BCUT2D eigenvalue weighted by atomic mass is 35.5. The number of hydrogen-bond acceptors (Lipinski definition) is 7. The average Bonchev–Trinajstić information content (AvgIpc) is 3.57. The fourth-order valence-corrected chi connectivity index (χ4v) is 6.36. The van der Waals surface area contributed by atoms with E-state index in [0.717, 1.165) is 38.1 Å². The summed E-state index contributed by atoms with van der Waals surface area (Å²) in [5.74, 6) is 1.41. The molecule has 1 aliphatic carbocycles. The monoisotopic (exact) mass is 549 g/mol. The second kappa shape index (κ2) is 7.95. The second-order valence-electron chi connectivity index (χ2n) is 10.8. The molecule has 0 atom stereocenters. The van der Waals surface area contributed by atoms with E-state index in [9.17, 15) is 17.6 Å². The predicted molar refractivity (Wildman–Crippen MR) is 131 cm³/mol. The lowest BCUT2D eigenvalue weighted by Crippen LogP contribution is -2.73. The first-order valence-corrected chi connectivity index (χ1v) is 12.7. The van der Waals surface area contributed by atoms with Crippen LogP contribution in [0, 0.1) is 11.2 Å². The van der Waals surface area contributed by atoms with Crippen molar-refractivity contribution in [3.8, 4) is 11.4 Å². The molecule has 0 unspecified atom stereocenters. The van der Waals surface area contributed by atoms with Crippen LogP contribution in [0.25, 0.3) is 5.69 Å². The van der Waals surface area contributed by atoms with Crippen LogP contribution in [0.5, 0.6) is 5.75 Å². The molecule has 2 aromatic heterocycles. The van der Waals surface area contributed by atoms with Crippen LogP contribution in [0.3, 0.4) is 0 Å². The summed E-state index contributed by atoms with van der Waals surface area (Å²) in [6, 6.07) is 6.91. The first kappa shape index (κ1) is 24.0. The lowest BCUT2D eigenvalue weighted by atomic mass is 9.73. The van der Waals surface area contributed by atoms with Gasteiger partial charge in [-0.1, -0.05) is 11.6 Å². The molecule has 0 amide bonds. The quantitative estimate of drug-likeness (QED) is 0.452. The summed E-state index contributed by atoms with van der Waals surface area (Å²) in [5, 5.41) is 9.26. The summed E-state index contributed by atoms with van der Waals surface area (Å²) >= 11 is 6.26. The van der Waals surface area contributed by atoms with Crippen LogP contribution < -0.4 is 14.5 Å². The fourth-order valence-electron chi connectivity index (χ4n) is 6.16. The Morgan fingerprint density at radius 1 is 1.00 bits per heavy atom. The Hall–Kier alpha value is -3.12. The van der Waals surface area contributed by atoms with Crippen molar-refractivity contribution in [3.63, 3.8) is 0 Å². The molecule has 0 N–H and O–H groups in total. The zero-order chi connectivity index (χ0) is 26.4. The molecule has 0 bridgehead atoms. The van der Waals surface area contributed by atoms with E-state index in [4.69, 9.17) is 16.3 Å². The Labute approximate surface area is 220 Å². The third-order valence-corrected chi connectivity index (χ3v) is 8.52. The molecule has 8 nitrogen and oxygen atoms in total. The van der Waals surface area contributed by atoms with Gasteiger partial charge in [-0.15, -0.1) is 10.2 Å². The standard InChI is InChI=1S/C25H24ClF4N7O/c1-38-19-7-20(31-8-17(19)27)34-11-23(12-34)13-35(14-23)22-33-32-21-10-36(24(4-5-24)25(28,29)30)9-15-6-16(26)2-3-18(15)37(21)22/h2-3,6-8H,4-5,9-14H2,1H3. The van der Waals surface area contributed by atoms with Gasteiger partial charge in [-0.25, -0.2) is 9.37 Å². The van der Waals surface area contributed by atoms with Crippen molar-refractivity contribution in [1.82, 2.24) is 24.6 Å². The first-order chi connectivity index (χ1) is 18.1. The number of halogens is 5. The van der Waals surface area contributed by atoms with E-state index in [0.29, 0.717) is 28.2 Å². The van der Waals surface area contributed by atoms with E-state index >= 15 is 0 Å². The summed E-state index contributed by atoms with van der Waals surface area (Å²) in [5.41, 5.74) is -0.331. The largest absolute Gasteiger partial charge is 0.493 e. The van der Waals surface area contributed by atoms with Gasteiger partial charge >= 0.3 is 6.18 Å². The van der Waals surface area contributed by atoms with Crippen LogP contribution in [-0.4, -0.2) is 69.7 Å². The van der Waals surface area contributed by atoms with Gasteiger partial charge in [0.15, 0.2) is 17.4 Å². The molecule has 3 fully saturated rings. The molecule has 1 aromatic carbocycles. The number of alkyl halides is 3. The zero-order valence-electron chi connectivity index (χ0n) is 20.5. The van der Waals surface area contributed by atoms with Crippen molar-refractivity contribution >= 4 is 23.4 Å². The first-order valence-electron chi connectivity index (χ1n) is 12.4. The molecule has 1 saturated carbocycles. The Kier molecular flexibility index (Phi) is 5.01. The van der Waals surface area contributed by atoms with Gasteiger partial charge in [-0.3, -0.25) is 9.47 Å². The average molecular weight is 550 g/mol. The smallest absolute Gasteiger partial charge is 0.406 e. The Morgan fingerprint density at radius 2 is 1.74 bits per heavy atom. The number of nitrogens with zero attached hydrogens (tertiary/aromatic N) is 7. The molecular weight excluding hydrogens is 526 g/mol. The number of pyridine rings is 1. The summed E-state index contributed by atoms with van der Waals surface area (Å²) < 4.78 is 62.8. The second-order valence-corrected chi connectivity index (χ2v) is 11.2. The topological polar surface area (TPSA) is 62.6 Å². The van der Waals surface area contributed by atoms with Crippen LogP contribution in [0.2, 0.25) is 5.02 Å². The summed E-state index contributed by atoms with van der Waals surface area (Å²) in [6.07, 6.45) is -3.01. The Bertz CT molecular complexity index is 1430. The van der Waals surface area contributed by atoms with Crippen LogP contribution in [0.4, 0.5) is 29.3 Å². The third kappa shape index (κ3) is 3.49. The minimum atomic E-state index is -4.33. The molecule has 3 aliphatic heterocycles. The van der Waals surface area contributed by atoms with Gasteiger partial charge in [0.1, 0.15) is 11.4 Å². The molecular formula is C25H24ClF4N7O. The molecule has 200 valence electrons. The van der Waals surface area contributed by atoms with Gasteiger partial charge in [-0.2, -0.15) is 13.2 Å². The highest BCUT2D eigenvalue weighted by molar-refractivity contribution is 6.30. The number of aromatic nitrogens is 4. The highest BCUT2D eigenvalue weighted by Crippen LogP contribution is 2.55. The number of benzene rings is 1. The minimum Gasteiger partial charge on any atom is -0.493 e. The lowest BCUT2D eigenvalue weighted by molar-refractivity contribution is -0.200. The maximum atomic E-state index is 14.0. The molecule has 3 aromatic rings. The Morgan fingerprint density at radius 3 is 2.42 bits per heavy atom. The molecule has 4 aliphatic rings. The van der Waals surface area contributed by atoms with E-state index < -0.39 is 17.5 Å². The maximum Gasteiger partial charge on any atom is 0.406 e. The molecule has 2 saturated heterocycles. The number of rotatable bonds is 4. The third-order valence-electron chi connectivity index (χ3n) is 8.28. The van der Waals surface area contributed by atoms with Gasteiger partial charge < -0.3 is 14.5 Å². The molecule has 38 heavy (non-hydrogen) atoms. The van der Waals surface area contributed by atoms with Gasteiger partial charge in [0.05, 0.1) is 25.5 Å². The molecule has 5 heterocycles.